The van der Waals surface area contributed by atoms with Crippen LogP contribution in [-0.4, -0.2) is 14.5 Å². The predicted molar refractivity (Wildman–Crippen MR) is 69.4 cm³/mol. The first kappa shape index (κ1) is 12.9. The van der Waals surface area contributed by atoms with E-state index < -0.39 is 10.0 Å². The van der Waals surface area contributed by atoms with Crippen LogP contribution in [-0.2, 0) is 10.0 Å². The van der Waals surface area contributed by atoms with Crippen molar-refractivity contribution in [3.8, 4) is 0 Å². The Kier molecular flexibility index (Phi) is 4.13. The fraction of sp³-hybridized carbons (Fsp3) is 0.400. The zero-order chi connectivity index (χ0) is 11.6. The molecular weight excluding hydrogens is 325 g/mol. The molecule has 0 bridgehead atoms. The number of nitrogens with one attached hydrogen (secondary N) is 1. The van der Waals surface area contributed by atoms with Crippen LogP contribution in [0.4, 0.5) is 0 Å². The minimum absolute atomic E-state index is 0.0883. The molecule has 15 heavy (non-hydrogen) atoms. The lowest BCUT2D eigenvalue weighted by Gasteiger charge is -2.10. The Balaban J connectivity index is 3.11. The maximum Gasteiger partial charge on any atom is 0.240 e. The van der Waals surface area contributed by atoms with E-state index in [-0.39, 0.29) is 6.04 Å². The summed E-state index contributed by atoms with van der Waals surface area (Å²) in [6.07, 6.45) is 0. The van der Waals surface area contributed by atoms with Gasteiger partial charge in [0.2, 0.25) is 10.0 Å². The van der Waals surface area contributed by atoms with Gasteiger partial charge in [-0.25, -0.2) is 13.1 Å². The zero-order valence-electron chi connectivity index (χ0n) is 8.91. The molecule has 1 aromatic rings. The van der Waals surface area contributed by atoms with Crippen molar-refractivity contribution in [2.75, 3.05) is 0 Å². The lowest BCUT2D eigenvalue weighted by molar-refractivity contribution is 0.570. The molecule has 0 aromatic heterocycles. The van der Waals surface area contributed by atoms with Gasteiger partial charge in [-0.05, 0) is 67.1 Å². The van der Waals surface area contributed by atoms with Crippen molar-refractivity contribution in [3.63, 3.8) is 0 Å². The molecule has 3 nitrogen and oxygen atoms in total. The molecule has 84 valence electrons. The molecule has 0 aliphatic heterocycles. The molecule has 0 heterocycles. The summed E-state index contributed by atoms with van der Waals surface area (Å²) in [6.45, 7) is 5.50. The Morgan fingerprint density at radius 1 is 1.33 bits per heavy atom. The molecule has 0 aliphatic carbocycles. The first-order chi connectivity index (χ1) is 6.83. The molecule has 0 saturated carbocycles. The standard InChI is InChI=1S/C10H14INO2S/c1-7(2)12-15(13,14)9-4-5-10(11)8(3)6-9/h4-7,12H,1-3H3. The summed E-state index contributed by atoms with van der Waals surface area (Å²) in [4.78, 5) is 0.328. The quantitative estimate of drug-likeness (QED) is 0.859. The van der Waals surface area contributed by atoms with Gasteiger partial charge in [-0.2, -0.15) is 0 Å². The third-order valence-corrected chi connectivity index (χ3v) is 4.70. The summed E-state index contributed by atoms with van der Waals surface area (Å²) in [5, 5.41) is 0. The van der Waals surface area contributed by atoms with Gasteiger partial charge in [-0.3, -0.25) is 0 Å². The largest absolute Gasteiger partial charge is 0.240 e. The number of sulfonamides is 1. The van der Waals surface area contributed by atoms with Crippen LogP contribution in [0, 0.1) is 10.5 Å². The Hall–Kier alpha value is -0.140. The third-order valence-electron chi connectivity index (χ3n) is 1.83. The molecule has 0 saturated heterocycles. The van der Waals surface area contributed by atoms with E-state index in [1.165, 1.54) is 0 Å². The summed E-state index contributed by atoms with van der Waals surface area (Å²) in [5.41, 5.74) is 0.974. The Bertz CT molecular complexity index is 454. The van der Waals surface area contributed by atoms with Gasteiger partial charge in [0.15, 0.2) is 0 Å². The van der Waals surface area contributed by atoms with Crippen molar-refractivity contribution >= 4 is 32.6 Å². The zero-order valence-corrected chi connectivity index (χ0v) is 11.9. The molecule has 1 aromatic carbocycles. The first-order valence-corrected chi connectivity index (χ1v) is 7.17. The fourth-order valence-corrected chi connectivity index (χ4v) is 2.83. The van der Waals surface area contributed by atoms with Gasteiger partial charge in [0.05, 0.1) is 4.90 Å². The first-order valence-electron chi connectivity index (χ1n) is 4.61. The second kappa shape index (κ2) is 4.80. The molecule has 5 heteroatoms. The van der Waals surface area contributed by atoms with Crippen LogP contribution in [0.15, 0.2) is 23.1 Å². The van der Waals surface area contributed by atoms with Crippen LogP contribution >= 0.6 is 22.6 Å². The number of benzene rings is 1. The number of hydrogen-bond acceptors (Lipinski definition) is 2. The van der Waals surface area contributed by atoms with Crippen LogP contribution in [0.25, 0.3) is 0 Å². The topological polar surface area (TPSA) is 46.2 Å². The molecule has 0 aliphatic rings. The van der Waals surface area contributed by atoms with Gasteiger partial charge in [0.25, 0.3) is 0 Å². The summed E-state index contributed by atoms with van der Waals surface area (Å²) in [5.74, 6) is 0. The number of aryl methyl sites for hydroxylation is 1. The lowest BCUT2D eigenvalue weighted by atomic mass is 10.2. The van der Waals surface area contributed by atoms with E-state index in [9.17, 15) is 8.42 Å². The van der Waals surface area contributed by atoms with E-state index in [1.54, 1.807) is 26.0 Å². The second-order valence-electron chi connectivity index (χ2n) is 3.69. The molecular formula is C10H14INO2S. The number of rotatable bonds is 3. The van der Waals surface area contributed by atoms with Gasteiger partial charge in [-0.15, -0.1) is 0 Å². The van der Waals surface area contributed by atoms with Gasteiger partial charge in [0, 0.05) is 9.61 Å². The highest BCUT2D eigenvalue weighted by atomic mass is 127. The van der Waals surface area contributed by atoms with Crippen molar-refractivity contribution in [2.45, 2.75) is 31.7 Å². The Morgan fingerprint density at radius 3 is 2.40 bits per heavy atom. The number of halogens is 1. The van der Waals surface area contributed by atoms with E-state index in [1.807, 2.05) is 13.0 Å². The molecule has 0 atom stereocenters. The smallest absolute Gasteiger partial charge is 0.209 e. The molecule has 0 amide bonds. The van der Waals surface area contributed by atoms with Gasteiger partial charge in [-0.1, -0.05) is 0 Å². The SMILES string of the molecule is Cc1cc(S(=O)(=O)NC(C)C)ccc1I. The van der Waals surface area contributed by atoms with E-state index in [0.717, 1.165) is 9.13 Å². The van der Waals surface area contributed by atoms with Gasteiger partial charge >= 0.3 is 0 Å². The second-order valence-corrected chi connectivity index (χ2v) is 6.56. The highest BCUT2D eigenvalue weighted by Crippen LogP contribution is 2.16. The van der Waals surface area contributed by atoms with Gasteiger partial charge in [0.1, 0.15) is 0 Å². The Morgan fingerprint density at radius 2 is 1.93 bits per heavy atom. The minimum atomic E-state index is -3.35. The summed E-state index contributed by atoms with van der Waals surface area (Å²) < 4.78 is 27.2. The highest BCUT2D eigenvalue weighted by Gasteiger charge is 2.15. The predicted octanol–water partition coefficient (Wildman–Crippen LogP) is 2.29. The van der Waals surface area contributed by atoms with Crippen molar-refractivity contribution in [1.29, 1.82) is 0 Å². The van der Waals surface area contributed by atoms with Crippen molar-refractivity contribution in [2.24, 2.45) is 0 Å². The van der Waals surface area contributed by atoms with Crippen LogP contribution in [0.2, 0.25) is 0 Å². The number of hydrogen-bond donors (Lipinski definition) is 1. The highest BCUT2D eigenvalue weighted by molar-refractivity contribution is 14.1. The molecule has 0 spiro atoms. The molecule has 0 radical (unpaired) electrons. The van der Waals surface area contributed by atoms with Gasteiger partial charge < -0.3 is 0 Å². The molecule has 1 N–H and O–H groups in total. The normalized spacial score (nSPS) is 12.1. The molecule has 1 rings (SSSR count). The average molecular weight is 339 g/mol. The van der Waals surface area contributed by atoms with Crippen LogP contribution in [0.3, 0.4) is 0 Å². The van der Waals surface area contributed by atoms with E-state index in [2.05, 4.69) is 27.3 Å². The van der Waals surface area contributed by atoms with Crippen molar-refractivity contribution in [1.82, 2.24) is 4.72 Å². The van der Waals surface area contributed by atoms with Crippen LogP contribution in [0.1, 0.15) is 19.4 Å². The summed E-state index contributed by atoms with van der Waals surface area (Å²) >= 11 is 2.18. The maximum atomic E-state index is 11.8. The van der Waals surface area contributed by atoms with Crippen LogP contribution < -0.4 is 4.72 Å². The minimum Gasteiger partial charge on any atom is -0.209 e. The van der Waals surface area contributed by atoms with E-state index >= 15 is 0 Å². The Labute approximate surface area is 104 Å². The van der Waals surface area contributed by atoms with E-state index in [0.29, 0.717) is 4.90 Å². The lowest BCUT2D eigenvalue weighted by Crippen LogP contribution is -2.30. The summed E-state index contributed by atoms with van der Waals surface area (Å²) in [6, 6.07) is 5.03. The maximum absolute atomic E-state index is 11.8. The molecule has 0 fully saturated rings. The summed E-state index contributed by atoms with van der Waals surface area (Å²) in [7, 11) is -3.35. The monoisotopic (exact) mass is 339 g/mol. The third kappa shape index (κ3) is 3.42. The van der Waals surface area contributed by atoms with Crippen molar-refractivity contribution in [3.05, 3.63) is 27.3 Å². The van der Waals surface area contributed by atoms with Crippen molar-refractivity contribution < 1.29 is 8.42 Å². The fourth-order valence-electron chi connectivity index (χ4n) is 1.16. The average Bonchev–Trinajstić information content (AvgIpc) is 2.07. The van der Waals surface area contributed by atoms with Crippen LogP contribution in [0.5, 0.6) is 0 Å². The molecule has 0 unspecified atom stereocenters. The van der Waals surface area contributed by atoms with E-state index in [4.69, 9.17) is 0 Å².